The van der Waals surface area contributed by atoms with Crippen molar-refractivity contribution in [3.05, 3.63) is 70.0 Å². The Morgan fingerprint density at radius 3 is 2.54 bits per heavy atom. The molecule has 2 amide bonds. The molecule has 0 atom stereocenters. The van der Waals surface area contributed by atoms with Gasteiger partial charge in [-0.05, 0) is 49.6 Å². The predicted molar refractivity (Wildman–Crippen MR) is 122 cm³/mol. The van der Waals surface area contributed by atoms with E-state index in [1.54, 1.807) is 6.92 Å². The van der Waals surface area contributed by atoms with Gasteiger partial charge in [0.15, 0.2) is 0 Å². The van der Waals surface area contributed by atoms with Gasteiger partial charge in [-0.25, -0.2) is 17.9 Å². The van der Waals surface area contributed by atoms with Gasteiger partial charge in [0.1, 0.15) is 34.5 Å². The summed E-state index contributed by atoms with van der Waals surface area (Å²) in [5.41, 5.74) is 11.4. The topological polar surface area (TPSA) is 125 Å². The first kappa shape index (κ1) is 24.3. The smallest absolute Gasteiger partial charge is 0.254 e. The van der Waals surface area contributed by atoms with Gasteiger partial charge in [0.2, 0.25) is 0 Å². The number of hydrogen-bond donors (Lipinski definition) is 3. The summed E-state index contributed by atoms with van der Waals surface area (Å²) in [6, 6.07) is 5.33. The van der Waals surface area contributed by atoms with E-state index in [9.17, 15) is 18.4 Å². The number of ether oxygens (including phenoxy) is 1. The normalized spacial score (nSPS) is 14.2. The maximum Gasteiger partial charge on any atom is 0.254 e. The number of primary amides is 1. The molecule has 0 radical (unpaired) electrons. The van der Waals surface area contributed by atoms with Crippen LogP contribution in [0.2, 0.25) is 0 Å². The highest BCUT2D eigenvalue weighted by Crippen LogP contribution is 2.34. The summed E-state index contributed by atoms with van der Waals surface area (Å²) in [7, 11) is 0. The van der Waals surface area contributed by atoms with Gasteiger partial charge in [0.25, 0.3) is 11.8 Å². The van der Waals surface area contributed by atoms with E-state index in [1.165, 1.54) is 16.8 Å². The van der Waals surface area contributed by atoms with Crippen LogP contribution < -0.4 is 16.8 Å². The average Bonchev–Trinajstić information content (AvgIpc) is 3.18. The van der Waals surface area contributed by atoms with E-state index in [1.807, 2.05) is 0 Å². The number of benzene rings is 2. The number of nitrogens with zero attached hydrogens (tertiary/aromatic N) is 2. The minimum Gasteiger partial charge on any atom is -0.383 e. The predicted octanol–water partition coefficient (Wildman–Crippen LogP) is 3.24. The van der Waals surface area contributed by atoms with Crippen molar-refractivity contribution in [2.75, 3.05) is 18.9 Å². The second kappa shape index (κ2) is 9.79. The first-order valence-corrected chi connectivity index (χ1v) is 11.0. The average molecular weight is 487 g/mol. The molecule has 8 nitrogen and oxygen atoms in total. The molecule has 0 unspecified atom stereocenters. The molecule has 2 heterocycles. The van der Waals surface area contributed by atoms with E-state index in [2.05, 4.69) is 10.4 Å². The number of carbonyl (C=O) groups is 2. The molecule has 5 N–H and O–H groups in total. The quantitative estimate of drug-likeness (QED) is 0.492. The van der Waals surface area contributed by atoms with Crippen molar-refractivity contribution in [1.82, 2.24) is 15.1 Å². The molecule has 1 aliphatic rings. The highest BCUT2D eigenvalue weighted by Gasteiger charge is 2.28. The van der Waals surface area contributed by atoms with E-state index >= 15 is 4.39 Å². The molecule has 184 valence electrons. The minimum atomic E-state index is -0.919. The Labute approximate surface area is 199 Å². The summed E-state index contributed by atoms with van der Waals surface area (Å²) in [5.74, 6) is -3.89. The number of aryl methyl sites for hydroxylation is 1. The Hall–Kier alpha value is -3.86. The molecule has 35 heavy (non-hydrogen) atoms. The monoisotopic (exact) mass is 487 g/mol. The molecule has 0 spiro atoms. The number of anilines is 1. The molecule has 2 aromatic carbocycles. The summed E-state index contributed by atoms with van der Waals surface area (Å²) in [5, 5.41) is 6.77. The third-order valence-electron chi connectivity index (χ3n) is 6.01. The fourth-order valence-corrected chi connectivity index (χ4v) is 4.10. The van der Waals surface area contributed by atoms with Crippen molar-refractivity contribution >= 4 is 17.6 Å². The van der Waals surface area contributed by atoms with Gasteiger partial charge < -0.3 is 21.5 Å². The standard InChI is InChI=1S/C24H24F3N5O3/c1-12-2-3-14(25)9-16(12)24(34)30-11-13-8-19(27)17(10-18(13)26)21-20(23(29)33)22(28)32(31-21)15-4-6-35-7-5-15/h2-3,8-10,15H,4-7,11,28H2,1H3,(H2,29,33)(H,30,34). The number of hydrogen-bond acceptors (Lipinski definition) is 5. The van der Waals surface area contributed by atoms with Crippen LogP contribution in [0.15, 0.2) is 30.3 Å². The summed E-state index contributed by atoms with van der Waals surface area (Å²) in [4.78, 5) is 24.5. The van der Waals surface area contributed by atoms with E-state index in [4.69, 9.17) is 16.2 Å². The van der Waals surface area contributed by atoms with E-state index in [0.717, 1.165) is 18.2 Å². The Balaban J connectivity index is 1.63. The molecule has 3 aromatic rings. The molecule has 4 rings (SSSR count). The molecule has 1 saturated heterocycles. The number of halogens is 3. The van der Waals surface area contributed by atoms with Gasteiger partial charge in [-0.1, -0.05) is 6.07 Å². The third kappa shape index (κ3) is 4.85. The zero-order valence-corrected chi connectivity index (χ0v) is 18.9. The molecule has 11 heteroatoms. The van der Waals surface area contributed by atoms with Gasteiger partial charge in [-0.3, -0.25) is 9.59 Å². The second-order valence-electron chi connectivity index (χ2n) is 8.33. The van der Waals surface area contributed by atoms with Crippen molar-refractivity contribution in [2.45, 2.75) is 32.4 Å². The highest BCUT2D eigenvalue weighted by molar-refractivity contribution is 6.03. The molecule has 1 aliphatic heterocycles. The number of carbonyl (C=O) groups excluding carboxylic acids is 2. The molecule has 1 aromatic heterocycles. The second-order valence-corrected chi connectivity index (χ2v) is 8.33. The summed E-state index contributed by atoms with van der Waals surface area (Å²) < 4.78 is 50.3. The van der Waals surface area contributed by atoms with Crippen LogP contribution in [0.4, 0.5) is 19.0 Å². The molecule has 1 fully saturated rings. The third-order valence-corrected chi connectivity index (χ3v) is 6.01. The van der Waals surface area contributed by atoms with Crippen LogP contribution in [0.1, 0.15) is 50.7 Å². The number of amides is 2. The Kier molecular flexibility index (Phi) is 6.79. The molecule has 0 saturated carbocycles. The number of rotatable bonds is 6. The van der Waals surface area contributed by atoms with Gasteiger partial charge in [-0.15, -0.1) is 0 Å². The van der Waals surface area contributed by atoms with Crippen molar-refractivity contribution in [2.24, 2.45) is 5.73 Å². The van der Waals surface area contributed by atoms with Gasteiger partial charge in [-0.2, -0.15) is 5.10 Å². The first-order valence-electron chi connectivity index (χ1n) is 11.0. The van der Waals surface area contributed by atoms with Crippen LogP contribution in [-0.2, 0) is 11.3 Å². The molecule has 0 bridgehead atoms. The summed E-state index contributed by atoms with van der Waals surface area (Å²) in [6.07, 6.45) is 1.17. The lowest BCUT2D eigenvalue weighted by atomic mass is 10.0. The van der Waals surface area contributed by atoms with Crippen LogP contribution in [0.25, 0.3) is 11.3 Å². The SMILES string of the molecule is Cc1ccc(F)cc1C(=O)NCc1cc(F)c(-c2nn(C3CCOCC3)c(N)c2C(N)=O)cc1F. The first-order chi connectivity index (χ1) is 16.7. The molecule has 0 aliphatic carbocycles. The summed E-state index contributed by atoms with van der Waals surface area (Å²) in [6.45, 7) is 2.23. The largest absolute Gasteiger partial charge is 0.383 e. The minimum absolute atomic E-state index is 0.0268. The van der Waals surface area contributed by atoms with Crippen molar-refractivity contribution in [1.29, 1.82) is 0 Å². The van der Waals surface area contributed by atoms with Crippen LogP contribution in [0.3, 0.4) is 0 Å². The van der Waals surface area contributed by atoms with Crippen LogP contribution in [0, 0.1) is 24.4 Å². The number of nitrogens with two attached hydrogens (primary N) is 2. The molecular weight excluding hydrogens is 463 g/mol. The van der Waals surface area contributed by atoms with Gasteiger partial charge in [0.05, 0.1) is 6.04 Å². The Bertz CT molecular complexity index is 1300. The Morgan fingerprint density at radius 1 is 1.14 bits per heavy atom. The lowest BCUT2D eigenvalue weighted by Crippen LogP contribution is -2.24. The maximum absolute atomic E-state index is 15.1. The zero-order valence-electron chi connectivity index (χ0n) is 18.9. The number of aromatic nitrogens is 2. The number of nitrogen functional groups attached to an aromatic ring is 1. The highest BCUT2D eigenvalue weighted by atomic mass is 19.1. The van der Waals surface area contributed by atoms with Gasteiger partial charge >= 0.3 is 0 Å². The van der Waals surface area contributed by atoms with Crippen LogP contribution in [-0.4, -0.2) is 34.8 Å². The zero-order chi connectivity index (χ0) is 25.3. The van der Waals surface area contributed by atoms with E-state index < -0.39 is 29.3 Å². The van der Waals surface area contributed by atoms with Crippen LogP contribution >= 0.6 is 0 Å². The lowest BCUT2D eigenvalue weighted by molar-refractivity contribution is 0.0669. The van der Waals surface area contributed by atoms with Crippen molar-refractivity contribution < 1.29 is 27.5 Å². The number of nitrogens with one attached hydrogen (secondary N) is 1. The van der Waals surface area contributed by atoms with Crippen molar-refractivity contribution in [3.8, 4) is 11.3 Å². The van der Waals surface area contributed by atoms with Gasteiger partial charge in [0, 0.05) is 36.4 Å². The van der Waals surface area contributed by atoms with Crippen LogP contribution in [0.5, 0.6) is 0 Å². The molecular formula is C24H24F3N5O3. The van der Waals surface area contributed by atoms with E-state index in [0.29, 0.717) is 31.6 Å². The van der Waals surface area contributed by atoms with Crippen molar-refractivity contribution in [3.63, 3.8) is 0 Å². The summed E-state index contributed by atoms with van der Waals surface area (Å²) >= 11 is 0. The fraction of sp³-hybridized carbons (Fsp3) is 0.292. The lowest BCUT2D eigenvalue weighted by Gasteiger charge is -2.23. The Morgan fingerprint density at radius 2 is 1.86 bits per heavy atom. The maximum atomic E-state index is 15.1. The van der Waals surface area contributed by atoms with E-state index in [-0.39, 0.29) is 46.4 Å². The fourth-order valence-electron chi connectivity index (χ4n) is 4.10.